The minimum absolute atomic E-state index is 0.423. The summed E-state index contributed by atoms with van der Waals surface area (Å²) in [7, 11) is 2.06. The predicted molar refractivity (Wildman–Crippen MR) is 75.9 cm³/mol. The minimum Gasteiger partial charge on any atom is -0.313 e. The maximum Gasteiger partial charge on any atom is 0.0361 e. The van der Waals surface area contributed by atoms with E-state index in [9.17, 15) is 0 Å². The molecule has 0 saturated carbocycles. The van der Waals surface area contributed by atoms with Crippen LogP contribution in [0.1, 0.15) is 41.1 Å². The third-order valence-electron chi connectivity index (χ3n) is 4.13. The van der Waals surface area contributed by atoms with Gasteiger partial charge in [0, 0.05) is 12.0 Å². The Bertz CT molecular complexity index is 559. The van der Waals surface area contributed by atoms with E-state index >= 15 is 0 Å². The Kier molecular flexibility index (Phi) is 2.92. The zero-order valence-corrected chi connectivity index (χ0v) is 11.0. The van der Waals surface area contributed by atoms with Gasteiger partial charge in [-0.1, -0.05) is 55.5 Å². The van der Waals surface area contributed by atoms with E-state index in [-0.39, 0.29) is 0 Å². The summed E-state index contributed by atoms with van der Waals surface area (Å²) in [6.07, 6.45) is 1.08. The highest BCUT2D eigenvalue weighted by Crippen LogP contribution is 2.37. The van der Waals surface area contributed by atoms with Gasteiger partial charge in [-0.3, -0.25) is 0 Å². The number of rotatable bonds is 1. The van der Waals surface area contributed by atoms with Crippen molar-refractivity contribution in [3.05, 3.63) is 70.8 Å². The third-order valence-corrected chi connectivity index (χ3v) is 4.13. The molecule has 0 aliphatic heterocycles. The Morgan fingerprint density at radius 3 is 2.22 bits per heavy atom. The van der Waals surface area contributed by atoms with Crippen molar-refractivity contribution in [2.45, 2.75) is 25.3 Å². The first-order valence-electron chi connectivity index (χ1n) is 6.65. The molecule has 0 saturated heterocycles. The summed E-state index contributed by atoms with van der Waals surface area (Å²) < 4.78 is 0. The summed E-state index contributed by atoms with van der Waals surface area (Å²) in [5.74, 6) is 0.482. The molecule has 0 fully saturated rings. The lowest BCUT2D eigenvalue weighted by Gasteiger charge is -2.18. The molecular weight excluding hydrogens is 218 g/mol. The first-order chi connectivity index (χ1) is 8.81. The molecule has 1 aliphatic rings. The maximum atomic E-state index is 3.46. The summed E-state index contributed by atoms with van der Waals surface area (Å²) >= 11 is 0. The molecule has 2 unspecified atom stereocenters. The van der Waals surface area contributed by atoms with Crippen molar-refractivity contribution in [2.75, 3.05) is 7.05 Å². The van der Waals surface area contributed by atoms with E-state index in [2.05, 4.69) is 67.8 Å². The highest BCUT2D eigenvalue weighted by molar-refractivity contribution is 5.45. The average Bonchev–Trinajstić information content (AvgIpc) is 2.55. The summed E-state index contributed by atoms with van der Waals surface area (Å²) in [5, 5.41) is 3.46. The average molecular weight is 237 g/mol. The number of nitrogens with one attached hydrogen (secondary N) is 1. The number of benzene rings is 2. The highest BCUT2D eigenvalue weighted by atomic mass is 14.9. The van der Waals surface area contributed by atoms with E-state index in [1.165, 1.54) is 22.3 Å². The predicted octanol–water partition coefficient (Wildman–Crippen LogP) is 3.66. The lowest BCUT2D eigenvalue weighted by atomic mass is 9.89. The van der Waals surface area contributed by atoms with Gasteiger partial charge in [0.15, 0.2) is 0 Å². The molecule has 1 nitrogen and oxygen atoms in total. The zero-order chi connectivity index (χ0) is 12.5. The van der Waals surface area contributed by atoms with Crippen molar-refractivity contribution in [3.63, 3.8) is 0 Å². The minimum atomic E-state index is 0.423. The molecule has 1 heteroatoms. The summed E-state index contributed by atoms with van der Waals surface area (Å²) in [4.78, 5) is 0. The van der Waals surface area contributed by atoms with Gasteiger partial charge in [-0.25, -0.2) is 0 Å². The quantitative estimate of drug-likeness (QED) is 0.798. The molecule has 0 bridgehead atoms. The van der Waals surface area contributed by atoms with Crippen LogP contribution in [0.25, 0.3) is 0 Å². The zero-order valence-electron chi connectivity index (χ0n) is 11.0. The second-order valence-corrected chi connectivity index (χ2v) is 5.09. The third kappa shape index (κ3) is 1.75. The second-order valence-electron chi connectivity index (χ2n) is 5.09. The maximum absolute atomic E-state index is 3.46. The van der Waals surface area contributed by atoms with E-state index in [1.807, 2.05) is 0 Å². The van der Waals surface area contributed by atoms with Crippen molar-refractivity contribution < 1.29 is 0 Å². The van der Waals surface area contributed by atoms with Crippen LogP contribution in [0.3, 0.4) is 0 Å². The SMILES string of the molecule is CNC1Cc2ccccc2C(C)c2ccccc21. The molecule has 1 aliphatic carbocycles. The van der Waals surface area contributed by atoms with E-state index < -0.39 is 0 Å². The van der Waals surface area contributed by atoms with Gasteiger partial charge in [-0.05, 0) is 35.7 Å². The Balaban J connectivity index is 2.21. The summed E-state index contributed by atoms with van der Waals surface area (Å²) in [6, 6.07) is 18.1. The molecule has 2 aromatic rings. The fourth-order valence-electron chi connectivity index (χ4n) is 3.12. The Hall–Kier alpha value is -1.60. The Morgan fingerprint density at radius 2 is 1.50 bits per heavy atom. The van der Waals surface area contributed by atoms with E-state index in [1.54, 1.807) is 0 Å². The van der Waals surface area contributed by atoms with E-state index in [0.717, 1.165) is 6.42 Å². The lowest BCUT2D eigenvalue weighted by Crippen LogP contribution is -2.19. The van der Waals surface area contributed by atoms with Crippen LogP contribution in [-0.2, 0) is 6.42 Å². The van der Waals surface area contributed by atoms with Crippen molar-refractivity contribution in [3.8, 4) is 0 Å². The van der Waals surface area contributed by atoms with Crippen LogP contribution in [0.5, 0.6) is 0 Å². The van der Waals surface area contributed by atoms with Crippen LogP contribution in [-0.4, -0.2) is 7.05 Å². The van der Waals surface area contributed by atoms with Crippen LogP contribution < -0.4 is 5.32 Å². The number of hydrogen-bond acceptors (Lipinski definition) is 1. The van der Waals surface area contributed by atoms with E-state index in [0.29, 0.717) is 12.0 Å². The van der Waals surface area contributed by atoms with Gasteiger partial charge >= 0.3 is 0 Å². The van der Waals surface area contributed by atoms with Crippen molar-refractivity contribution in [1.29, 1.82) is 0 Å². The summed E-state index contributed by atoms with van der Waals surface area (Å²) in [5.41, 5.74) is 5.86. The normalized spacial score (nSPS) is 21.9. The first-order valence-corrected chi connectivity index (χ1v) is 6.65. The van der Waals surface area contributed by atoms with Gasteiger partial charge < -0.3 is 5.32 Å². The van der Waals surface area contributed by atoms with Crippen molar-refractivity contribution >= 4 is 0 Å². The van der Waals surface area contributed by atoms with Crippen molar-refractivity contribution in [2.24, 2.45) is 0 Å². The highest BCUT2D eigenvalue weighted by Gasteiger charge is 2.24. The van der Waals surface area contributed by atoms with E-state index in [4.69, 9.17) is 0 Å². The Morgan fingerprint density at radius 1 is 0.889 bits per heavy atom. The van der Waals surface area contributed by atoms with Crippen LogP contribution in [0.2, 0.25) is 0 Å². The monoisotopic (exact) mass is 237 g/mol. The number of hydrogen-bond donors (Lipinski definition) is 1. The molecule has 0 amide bonds. The van der Waals surface area contributed by atoms with Crippen molar-refractivity contribution in [1.82, 2.24) is 5.32 Å². The van der Waals surface area contributed by atoms with Crippen LogP contribution in [0, 0.1) is 0 Å². The largest absolute Gasteiger partial charge is 0.313 e. The lowest BCUT2D eigenvalue weighted by molar-refractivity contribution is 0.592. The van der Waals surface area contributed by atoms with Crippen LogP contribution in [0.4, 0.5) is 0 Å². The number of fused-ring (bicyclic) bond motifs is 2. The fourth-order valence-corrected chi connectivity index (χ4v) is 3.12. The van der Waals surface area contributed by atoms with Crippen LogP contribution in [0.15, 0.2) is 48.5 Å². The molecule has 2 atom stereocenters. The summed E-state index contributed by atoms with van der Waals surface area (Å²) in [6.45, 7) is 2.32. The van der Waals surface area contributed by atoms with Gasteiger partial charge in [0.25, 0.3) is 0 Å². The Labute approximate surface area is 109 Å². The first kappa shape index (κ1) is 11.5. The fraction of sp³-hybridized carbons (Fsp3) is 0.294. The molecule has 2 aromatic carbocycles. The van der Waals surface area contributed by atoms with Crippen LogP contribution >= 0.6 is 0 Å². The van der Waals surface area contributed by atoms with Gasteiger partial charge in [0.2, 0.25) is 0 Å². The molecule has 0 aromatic heterocycles. The molecule has 0 spiro atoms. The standard InChI is InChI=1S/C17H19N/c1-12-14-8-4-3-7-13(14)11-17(18-2)16-10-6-5-9-15(12)16/h3-10,12,17-18H,11H2,1-2H3. The smallest absolute Gasteiger partial charge is 0.0361 e. The molecule has 92 valence electrons. The topological polar surface area (TPSA) is 12.0 Å². The molecule has 18 heavy (non-hydrogen) atoms. The number of likely N-dealkylation sites (N-methyl/N-ethyl adjacent to an activating group) is 1. The van der Waals surface area contributed by atoms with Gasteiger partial charge in [0.1, 0.15) is 0 Å². The van der Waals surface area contributed by atoms with Gasteiger partial charge in [0.05, 0.1) is 0 Å². The second kappa shape index (κ2) is 4.58. The molecular formula is C17H19N. The van der Waals surface area contributed by atoms with Gasteiger partial charge in [-0.2, -0.15) is 0 Å². The molecule has 0 radical (unpaired) electrons. The molecule has 1 N–H and O–H groups in total. The van der Waals surface area contributed by atoms with Gasteiger partial charge in [-0.15, -0.1) is 0 Å². The molecule has 0 heterocycles. The molecule has 3 rings (SSSR count).